The van der Waals surface area contributed by atoms with Gasteiger partial charge in [-0.1, -0.05) is 23.2 Å². The van der Waals surface area contributed by atoms with E-state index in [0.29, 0.717) is 0 Å². The Morgan fingerprint density at radius 2 is 2.09 bits per heavy atom. The quantitative estimate of drug-likeness (QED) is 0.737. The van der Waals surface area contributed by atoms with E-state index in [4.69, 9.17) is 27.9 Å². The highest BCUT2D eigenvalue weighted by Gasteiger charge is 2.41. The number of rotatable bonds is 4. The number of nitriles is 1. The molecule has 2 aromatic rings. The van der Waals surface area contributed by atoms with Gasteiger partial charge in [-0.25, -0.2) is 4.98 Å². The molecule has 0 amide bonds. The largest absolute Gasteiger partial charge is 0.433 e. The number of nitrogens with zero attached hydrogens (tertiary/aromatic N) is 3. The Hall–Kier alpha value is -1.75. The molecule has 0 aliphatic carbocycles. The molecule has 4 nitrogen and oxygen atoms in total. The molecule has 0 aliphatic heterocycles. The van der Waals surface area contributed by atoms with Gasteiger partial charge < -0.3 is 9.30 Å². The van der Waals surface area contributed by atoms with Gasteiger partial charge in [-0.05, 0) is 19.1 Å². The summed E-state index contributed by atoms with van der Waals surface area (Å²) >= 11 is 11.8. The van der Waals surface area contributed by atoms with E-state index in [1.54, 1.807) is 13.0 Å². The predicted molar refractivity (Wildman–Crippen MR) is 79.0 cm³/mol. The van der Waals surface area contributed by atoms with Crippen LogP contribution in [0.15, 0.2) is 18.3 Å². The maximum atomic E-state index is 13.4. The molecule has 0 spiro atoms. The van der Waals surface area contributed by atoms with E-state index in [1.807, 2.05) is 0 Å². The number of alkyl halides is 3. The zero-order chi connectivity index (χ0) is 17.2. The van der Waals surface area contributed by atoms with Gasteiger partial charge in [0.05, 0.1) is 16.3 Å². The molecular weight excluding hydrogens is 354 g/mol. The fraction of sp³-hybridized carbons (Fsp3) is 0.286. The van der Waals surface area contributed by atoms with Gasteiger partial charge in [-0.3, -0.25) is 0 Å². The third-order valence-corrected chi connectivity index (χ3v) is 3.69. The first-order valence-corrected chi connectivity index (χ1v) is 7.16. The molecule has 23 heavy (non-hydrogen) atoms. The second-order valence-corrected chi connectivity index (χ2v) is 5.12. The normalized spacial score (nSPS) is 11.5. The molecule has 9 heteroatoms. The van der Waals surface area contributed by atoms with E-state index in [9.17, 15) is 18.4 Å². The van der Waals surface area contributed by atoms with E-state index in [2.05, 4.69) is 4.98 Å². The van der Waals surface area contributed by atoms with Crippen molar-refractivity contribution in [2.45, 2.75) is 19.8 Å². The molecule has 0 bridgehead atoms. The third-order valence-electron chi connectivity index (χ3n) is 3.02. The van der Waals surface area contributed by atoms with Crippen LogP contribution in [0.5, 0.6) is 0 Å². The van der Waals surface area contributed by atoms with Crippen LogP contribution in [-0.2, 0) is 17.6 Å². The van der Waals surface area contributed by atoms with Gasteiger partial charge in [0.2, 0.25) is 0 Å². The minimum atomic E-state index is -4.76. The Kier molecular flexibility index (Phi) is 5.19. The molecule has 0 fully saturated rings. The average Bonchev–Trinajstić information content (AvgIpc) is 2.77. The highest BCUT2D eigenvalue weighted by atomic mass is 35.5. The molecule has 0 aromatic carbocycles. The van der Waals surface area contributed by atoms with Crippen molar-refractivity contribution in [2.24, 2.45) is 0 Å². The summed E-state index contributed by atoms with van der Waals surface area (Å²) in [4.78, 5) is 3.83. The van der Waals surface area contributed by atoms with E-state index in [1.165, 1.54) is 18.3 Å². The second kappa shape index (κ2) is 6.79. The van der Waals surface area contributed by atoms with Gasteiger partial charge in [0.15, 0.2) is 0 Å². The van der Waals surface area contributed by atoms with E-state index in [0.717, 1.165) is 4.57 Å². The summed E-state index contributed by atoms with van der Waals surface area (Å²) in [7, 11) is 0. The lowest BCUT2D eigenvalue weighted by Gasteiger charge is -2.15. The Morgan fingerprint density at radius 1 is 1.39 bits per heavy atom. The zero-order valence-electron chi connectivity index (χ0n) is 11.8. The van der Waals surface area contributed by atoms with Gasteiger partial charge in [0, 0.05) is 18.4 Å². The van der Waals surface area contributed by atoms with Gasteiger partial charge in [-0.2, -0.15) is 18.4 Å². The molecule has 2 rings (SSSR count). The van der Waals surface area contributed by atoms with E-state index < -0.39 is 23.6 Å². The number of hydrogen-bond donors (Lipinski definition) is 0. The summed E-state index contributed by atoms with van der Waals surface area (Å²) in [5.41, 5.74) is -1.38. The standard InChI is InChI=1S/C14H10Cl2F3N3O/c1-2-23-7-22-11(8-4-3-5-21-13(8)16)9(6-20)10(15)12(22)14(17,18)19/h3-5H,2,7H2,1H3. The van der Waals surface area contributed by atoms with Crippen LogP contribution in [-0.4, -0.2) is 16.2 Å². The summed E-state index contributed by atoms with van der Waals surface area (Å²) in [6, 6.07) is 4.67. The molecule has 0 atom stereocenters. The van der Waals surface area contributed by atoms with Gasteiger partial charge in [0.25, 0.3) is 0 Å². The number of halogens is 5. The van der Waals surface area contributed by atoms with Crippen molar-refractivity contribution in [2.75, 3.05) is 6.61 Å². The van der Waals surface area contributed by atoms with E-state index in [-0.39, 0.29) is 28.6 Å². The highest BCUT2D eigenvalue weighted by molar-refractivity contribution is 6.34. The monoisotopic (exact) mass is 363 g/mol. The first-order valence-electron chi connectivity index (χ1n) is 6.40. The second-order valence-electron chi connectivity index (χ2n) is 4.39. The lowest BCUT2D eigenvalue weighted by molar-refractivity contribution is -0.145. The highest BCUT2D eigenvalue weighted by Crippen LogP contribution is 2.44. The van der Waals surface area contributed by atoms with Crippen LogP contribution < -0.4 is 0 Å². The maximum absolute atomic E-state index is 13.4. The van der Waals surface area contributed by atoms with Crippen LogP contribution in [0, 0.1) is 11.3 Å². The number of pyridine rings is 1. The Balaban J connectivity index is 2.84. The summed E-state index contributed by atoms with van der Waals surface area (Å²) in [5, 5.41) is 8.54. The van der Waals surface area contributed by atoms with Crippen LogP contribution in [0.25, 0.3) is 11.3 Å². The summed E-state index contributed by atoms with van der Waals surface area (Å²) in [6.45, 7) is 1.41. The number of hydrogen-bond acceptors (Lipinski definition) is 3. The molecule has 2 aromatic heterocycles. The number of ether oxygens (including phenoxy) is 1. The molecule has 0 N–H and O–H groups in total. The molecule has 0 aliphatic rings. The molecule has 0 saturated heterocycles. The van der Waals surface area contributed by atoms with Crippen LogP contribution in [0.1, 0.15) is 18.2 Å². The zero-order valence-corrected chi connectivity index (χ0v) is 13.3. The minimum absolute atomic E-state index is 0.0374. The Labute approximate surface area is 140 Å². The van der Waals surface area contributed by atoms with Crippen molar-refractivity contribution < 1.29 is 17.9 Å². The third kappa shape index (κ3) is 3.29. The molecule has 0 unspecified atom stereocenters. The first-order chi connectivity index (χ1) is 10.8. The topological polar surface area (TPSA) is 50.8 Å². The van der Waals surface area contributed by atoms with Gasteiger partial charge in [0.1, 0.15) is 23.6 Å². The van der Waals surface area contributed by atoms with Crippen molar-refractivity contribution in [3.05, 3.63) is 39.8 Å². The van der Waals surface area contributed by atoms with Crippen molar-refractivity contribution in [1.82, 2.24) is 9.55 Å². The van der Waals surface area contributed by atoms with Gasteiger partial charge >= 0.3 is 6.18 Å². The summed E-state index contributed by atoms with van der Waals surface area (Å²) in [5.74, 6) is 0. The Morgan fingerprint density at radius 3 is 2.61 bits per heavy atom. The van der Waals surface area contributed by atoms with Crippen molar-refractivity contribution in [1.29, 1.82) is 5.26 Å². The molecule has 2 heterocycles. The first kappa shape index (κ1) is 17.6. The van der Waals surface area contributed by atoms with Gasteiger partial charge in [-0.15, -0.1) is 0 Å². The average molecular weight is 364 g/mol. The van der Waals surface area contributed by atoms with Crippen LogP contribution in [0.3, 0.4) is 0 Å². The van der Waals surface area contributed by atoms with Crippen molar-refractivity contribution in [3.63, 3.8) is 0 Å². The molecule has 0 saturated carbocycles. The lowest BCUT2D eigenvalue weighted by Crippen LogP contribution is -2.16. The minimum Gasteiger partial charge on any atom is -0.361 e. The lowest BCUT2D eigenvalue weighted by atomic mass is 10.1. The molecular formula is C14H10Cl2F3N3O. The Bertz CT molecular complexity index is 766. The fourth-order valence-electron chi connectivity index (χ4n) is 2.12. The van der Waals surface area contributed by atoms with Crippen LogP contribution in [0.2, 0.25) is 10.2 Å². The summed E-state index contributed by atoms with van der Waals surface area (Å²) < 4.78 is 46.0. The van der Waals surface area contributed by atoms with Crippen molar-refractivity contribution in [3.8, 4) is 17.3 Å². The van der Waals surface area contributed by atoms with Crippen molar-refractivity contribution >= 4 is 23.2 Å². The maximum Gasteiger partial charge on any atom is 0.433 e. The SMILES string of the molecule is CCOCn1c(-c2cccnc2Cl)c(C#N)c(Cl)c1C(F)(F)F. The fourth-order valence-corrected chi connectivity index (χ4v) is 2.67. The van der Waals surface area contributed by atoms with E-state index >= 15 is 0 Å². The molecule has 0 radical (unpaired) electrons. The summed E-state index contributed by atoms with van der Waals surface area (Å²) in [6.07, 6.45) is -3.37. The van der Waals surface area contributed by atoms with Crippen LogP contribution in [0.4, 0.5) is 13.2 Å². The smallest absolute Gasteiger partial charge is 0.361 e. The predicted octanol–water partition coefficient (Wildman–Crippen LogP) is 4.74. The van der Waals surface area contributed by atoms with Crippen LogP contribution >= 0.6 is 23.2 Å². The molecule has 122 valence electrons. The number of aromatic nitrogens is 2.